The fourth-order valence-electron chi connectivity index (χ4n) is 1.39. The molecule has 0 fully saturated rings. The van der Waals surface area contributed by atoms with E-state index < -0.39 is 4.92 Å². The molecule has 0 bridgehead atoms. The van der Waals surface area contributed by atoms with E-state index in [0.717, 1.165) is 9.35 Å². The second-order valence-corrected chi connectivity index (χ2v) is 6.43. The van der Waals surface area contributed by atoms with Gasteiger partial charge in [0.2, 0.25) is 0 Å². The number of nitro benzene ring substituents is 1. The largest absolute Gasteiger partial charge is 0.272 e. The lowest BCUT2D eigenvalue weighted by Gasteiger charge is -1.97. The number of nitro groups is 1. The number of benzene rings is 1. The number of hydrogen-bond donors (Lipinski definition) is 1. The van der Waals surface area contributed by atoms with Gasteiger partial charge in [-0.3, -0.25) is 14.9 Å². The van der Waals surface area contributed by atoms with Gasteiger partial charge < -0.3 is 0 Å². The second kappa shape index (κ2) is 7.61. The second-order valence-electron chi connectivity index (χ2n) is 4.02. The van der Waals surface area contributed by atoms with Crippen molar-refractivity contribution in [1.29, 1.82) is 0 Å². The molecule has 0 saturated heterocycles. The first-order chi connectivity index (χ1) is 10.5. The molecule has 0 radical (unpaired) electrons. The number of hydrogen-bond acceptors (Lipinski definition) is 8. The lowest BCUT2D eigenvalue weighted by molar-refractivity contribution is -0.384. The molecule has 1 amide bonds. The molecular weight excluding hydrogens is 326 g/mol. The monoisotopic (exact) mass is 337 g/mol. The molecule has 0 spiro atoms. The molecular formula is C12H11N5O3S2. The van der Waals surface area contributed by atoms with Crippen LogP contribution < -0.4 is 5.43 Å². The maximum absolute atomic E-state index is 11.6. The zero-order chi connectivity index (χ0) is 15.9. The average molecular weight is 337 g/mol. The molecule has 1 aromatic carbocycles. The zero-order valence-electron chi connectivity index (χ0n) is 11.4. The van der Waals surface area contributed by atoms with Crippen molar-refractivity contribution in [1.82, 2.24) is 15.6 Å². The fraction of sp³-hybridized carbons (Fsp3) is 0.167. The maximum atomic E-state index is 11.6. The van der Waals surface area contributed by atoms with E-state index >= 15 is 0 Å². The van der Waals surface area contributed by atoms with Crippen molar-refractivity contribution in [2.75, 3.05) is 5.75 Å². The van der Waals surface area contributed by atoms with E-state index in [1.807, 2.05) is 6.92 Å². The minimum absolute atomic E-state index is 0.0301. The van der Waals surface area contributed by atoms with E-state index in [1.54, 1.807) is 12.1 Å². The van der Waals surface area contributed by atoms with Gasteiger partial charge in [-0.25, -0.2) is 5.43 Å². The van der Waals surface area contributed by atoms with Crippen molar-refractivity contribution in [2.45, 2.75) is 11.3 Å². The number of non-ortho nitro benzene ring substituents is 1. The van der Waals surface area contributed by atoms with Gasteiger partial charge in [-0.15, -0.1) is 10.2 Å². The molecule has 0 saturated carbocycles. The number of nitrogens with zero attached hydrogens (tertiary/aromatic N) is 4. The quantitative estimate of drug-likeness (QED) is 0.373. The molecule has 0 atom stereocenters. The Morgan fingerprint density at radius 3 is 3.05 bits per heavy atom. The van der Waals surface area contributed by atoms with Crippen molar-refractivity contribution in [3.05, 3.63) is 45.0 Å². The molecule has 1 heterocycles. The summed E-state index contributed by atoms with van der Waals surface area (Å²) in [5, 5.41) is 23.0. The van der Waals surface area contributed by atoms with Crippen LogP contribution in [0.15, 0.2) is 33.7 Å². The van der Waals surface area contributed by atoms with Crippen LogP contribution in [0.25, 0.3) is 0 Å². The summed E-state index contributed by atoms with van der Waals surface area (Å²) in [5.41, 5.74) is 2.85. The number of carbonyl (C=O) groups is 1. The predicted octanol–water partition coefficient (Wildman–Crippen LogP) is 2.00. The summed E-state index contributed by atoms with van der Waals surface area (Å²) in [6, 6.07) is 5.96. The molecule has 2 rings (SSSR count). The highest BCUT2D eigenvalue weighted by atomic mass is 32.2. The number of aryl methyl sites for hydroxylation is 1. The molecule has 10 heteroatoms. The lowest BCUT2D eigenvalue weighted by atomic mass is 10.2. The molecule has 2 aromatic rings. The molecule has 22 heavy (non-hydrogen) atoms. The van der Waals surface area contributed by atoms with Crippen molar-refractivity contribution in [2.24, 2.45) is 5.10 Å². The summed E-state index contributed by atoms with van der Waals surface area (Å²) in [6.07, 6.45) is 1.35. The standard InChI is InChI=1S/C12H11N5O3S2/c1-8-14-16-12(22-8)21-7-11(18)15-13-6-9-3-2-4-10(5-9)17(19)20/h2-6H,7H2,1H3,(H,15,18)/b13-6+. The summed E-state index contributed by atoms with van der Waals surface area (Å²) in [7, 11) is 0. The third-order valence-corrected chi connectivity index (χ3v) is 4.29. The van der Waals surface area contributed by atoms with Crippen LogP contribution in [0.2, 0.25) is 0 Å². The minimum Gasteiger partial charge on any atom is -0.272 e. The third kappa shape index (κ3) is 4.90. The molecule has 0 aliphatic rings. The van der Waals surface area contributed by atoms with E-state index in [0.29, 0.717) is 5.56 Å². The van der Waals surface area contributed by atoms with Gasteiger partial charge in [-0.2, -0.15) is 5.10 Å². The van der Waals surface area contributed by atoms with Crippen LogP contribution in [0.1, 0.15) is 10.6 Å². The van der Waals surface area contributed by atoms with E-state index in [2.05, 4.69) is 20.7 Å². The first-order valence-electron chi connectivity index (χ1n) is 6.04. The Bertz CT molecular complexity index is 716. The predicted molar refractivity (Wildman–Crippen MR) is 84.2 cm³/mol. The van der Waals surface area contributed by atoms with Crippen LogP contribution in [-0.4, -0.2) is 33.0 Å². The molecule has 8 nitrogen and oxygen atoms in total. The smallest absolute Gasteiger partial charge is 0.270 e. The van der Waals surface area contributed by atoms with Gasteiger partial charge in [0.15, 0.2) is 4.34 Å². The van der Waals surface area contributed by atoms with Gasteiger partial charge in [-0.05, 0) is 6.92 Å². The van der Waals surface area contributed by atoms with Gasteiger partial charge in [0.25, 0.3) is 11.6 Å². The Morgan fingerprint density at radius 1 is 1.55 bits per heavy atom. The summed E-state index contributed by atoms with van der Waals surface area (Å²) in [6.45, 7) is 1.84. The van der Waals surface area contributed by atoms with Crippen LogP contribution >= 0.6 is 23.1 Å². The SMILES string of the molecule is Cc1nnc(SCC(=O)N/N=C/c2cccc([N+](=O)[O-])c2)s1. The Hall–Kier alpha value is -2.33. The molecule has 0 aliphatic heterocycles. The van der Waals surface area contributed by atoms with E-state index in [4.69, 9.17) is 0 Å². The summed E-state index contributed by atoms with van der Waals surface area (Å²) >= 11 is 2.68. The van der Waals surface area contributed by atoms with Gasteiger partial charge in [0.05, 0.1) is 16.9 Å². The topological polar surface area (TPSA) is 110 Å². The normalized spacial score (nSPS) is 10.8. The minimum atomic E-state index is -0.489. The first-order valence-corrected chi connectivity index (χ1v) is 7.84. The Balaban J connectivity index is 1.82. The van der Waals surface area contributed by atoms with Crippen LogP contribution in [0.4, 0.5) is 5.69 Å². The number of amides is 1. The number of rotatable bonds is 6. The molecule has 0 unspecified atom stereocenters. The highest BCUT2D eigenvalue weighted by Gasteiger charge is 2.06. The van der Waals surface area contributed by atoms with Gasteiger partial charge in [-0.1, -0.05) is 35.2 Å². The van der Waals surface area contributed by atoms with E-state index in [1.165, 1.54) is 41.4 Å². The van der Waals surface area contributed by atoms with Gasteiger partial charge in [0, 0.05) is 17.7 Å². The molecule has 114 valence electrons. The van der Waals surface area contributed by atoms with Gasteiger partial charge >= 0.3 is 0 Å². The van der Waals surface area contributed by atoms with Gasteiger partial charge in [0.1, 0.15) is 5.01 Å². The fourth-order valence-corrected chi connectivity index (χ4v) is 3.00. The lowest BCUT2D eigenvalue weighted by Crippen LogP contribution is -2.19. The number of carbonyl (C=O) groups excluding carboxylic acids is 1. The molecule has 1 N–H and O–H groups in total. The number of nitrogens with one attached hydrogen (secondary N) is 1. The van der Waals surface area contributed by atoms with Crippen LogP contribution in [0.3, 0.4) is 0 Å². The van der Waals surface area contributed by atoms with Crippen LogP contribution in [-0.2, 0) is 4.79 Å². The molecule has 0 aliphatic carbocycles. The molecule has 1 aromatic heterocycles. The highest BCUT2D eigenvalue weighted by Crippen LogP contribution is 2.21. The van der Waals surface area contributed by atoms with Crippen molar-refractivity contribution in [3.63, 3.8) is 0 Å². The highest BCUT2D eigenvalue weighted by molar-refractivity contribution is 8.01. The summed E-state index contributed by atoms with van der Waals surface area (Å²) in [4.78, 5) is 21.7. The number of thioether (sulfide) groups is 1. The average Bonchev–Trinajstić information content (AvgIpc) is 2.91. The first kappa shape index (κ1) is 16.0. The zero-order valence-corrected chi connectivity index (χ0v) is 13.1. The Kier molecular flexibility index (Phi) is 5.55. The Morgan fingerprint density at radius 2 is 2.36 bits per heavy atom. The van der Waals surface area contributed by atoms with Crippen molar-refractivity contribution in [3.8, 4) is 0 Å². The van der Waals surface area contributed by atoms with E-state index in [-0.39, 0.29) is 17.3 Å². The van der Waals surface area contributed by atoms with Crippen LogP contribution in [0, 0.1) is 17.0 Å². The van der Waals surface area contributed by atoms with Crippen molar-refractivity contribution >= 4 is 40.9 Å². The number of hydrazone groups is 1. The van der Waals surface area contributed by atoms with Crippen LogP contribution in [0.5, 0.6) is 0 Å². The van der Waals surface area contributed by atoms with Crippen molar-refractivity contribution < 1.29 is 9.72 Å². The third-order valence-electron chi connectivity index (χ3n) is 2.32. The van der Waals surface area contributed by atoms with E-state index in [9.17, 15) is 14.9 Å². The number of aromatic nitrogens is 2. The summed E-state index contributed by atoms with van der Waals surface area (Å²) < 4.78 is 0.718. The maximum Gasteiger partial charge on any atom is 0.270 e. The summed E-state index contributed by atoms with van der Waals surface area (Å²) in [5.74, 6) is -0.125. The Labute approximate surface area is 133 Å².